The lowest BCUT2D eigenvalue weighted by Gasteiger charge is -2.31. The Kier molecular flexibility index (Phi) is 10.0. The molecule has 2 aromatic rings. The molecule has 1 aromatic carbocycles. The Morgan fingerprint density at radius 2 is 1.69 bits per heavy atom. The second kappa shape index (κ2) is 11.1. The van der Waals surface area contributed by atoms with Gasteiger partial charge >= 0.3 is 0 Å². The number of aliphatic hydroxyl groups is 1. The molecule has 1 N–H and O–H groups in total. The maximum absolute atomic E-state index is 9.40. The molecular formula is C23H31NO2. The van der Waals surface area contributed by atoms with Crippen LogP contribution < -0.4 is 4.74 Å². The first kappa shape index (κ1) is 23.4. The van der Waals surface area contributed by atoms with Crippen molar-refractivity contribution < 1.29 is 9.84 Å². The van der Waals surface area contributed by atoms with Crippen molar-refractivity contribution in [3.8, 4) is 18.1 Å². The van der Waals surface area contributed by atoms with E-state index in [4.69, 9.17) is 11.2 Å². The highest BCUT2D eigenvalue weighted by molar-refractivity contribution is 5.27. The summed E-state index contributed by atoms with van der Waals surface area (Å²) in [6.45, 7) is 15.8. The molecule has 140 valence electrons. The van der Waals surface area contributed by atoms with Gasteiger partial charge in [-0.1, -0.05) is 18.1 Å². The number of benzene rings is 1. The van der Waals surface area contributed by atoms with Crippen LogP contribution in [-0.2, 0) is 6.61 Å². The Hall–Kier alpha value is -2.57. The van der Waals surface area contributed by atoms with Crippen molar-refractivity contribution in [3.05, 3.63) is 73.1 Å². The van der Waals surface area contributed by atoms with Gasteiger partial charge in [-0.05, 0) is 70.0 Å². The third kappa shape index (κ3) is 8.50. The monoisotopic (exact) mass is 353 g/mol. The lowest BCUT2D eigenvalue weighted by molar-refractivity contribution is -0.00206. The van der Waals surface area contributed by atoms with Crippen LogP contribution in [0.1, 0.15) is 38.8 Å². The summed E-state index contributed by atoms with van der Waals surface area (Å²) >= 11 is 0. The lowest BCUT2D eigenvalue weighted by atomic mass is 9.78. The summed E-state index contributed by atoms with van der Waals surface area (Å²) in [5.41, 5.74) is 1.11. The van der Waals surface area contributed by atoms with Gasteiger partial charge < -0.3 is 9.84 Å². The normalized spacial score (nSPS) is 10.3. The highest BCUT2D eigenvalue weighted by Gasteiger charge is 2.32. The number of rotatable bonds is 4. The van der Waals surface area contributed by atoms with E-state index in [1.54, 1.807) is 26.2 Å². The molecule has 0 saturated carbocycles. The third-order valence-corrected chi connectivity index (χ3v) is 4.03. The Morgan fingerprint density at radius 3 is 2.12 bits per heavy atom. The number of hydrogen-bond acceptors (Lipinski definition) is 3. The van der Waals surface area contributed by atoms with E-state index in [2.05, 4.69) is 37.1 Å². The molecule has 3 nitrogen and oxygen atoms in total. The van der Waals surface area contributed by atoms with Crippen LogP contribution in [0.2, 0.25) is 0 Å². The summed E-state index contributed by atoms with van der Waals surface area (Å²) in [6, 6.07) is 12.0. The predicted octanol–water partition coefficient (Wildman–Crippen LogP) is 5.19. The molecule has 1 heterocycles. The van der Waals surface area contributed by atoms with Crippen LogP contribution in [0.15, 0.2) is 61.9 Å². The standard InChI is InChI=1S/C13H13NO.C8H14O.C2H4/c1-11-3-2-4-13(9-11)15-10-12-5-7-14-8-6-12;1-6-7(2,3)8(4,5)9;1-2/h2-9H,10H2,1H3;1,9H,2-5H3;1-2H2. The fourth-order valence-corrected chi connectivity index (χ4v) is 1.53. The van der Waals surface area contributed by atoms with Crippen molar-refractivity contribution in [2.45, 2.75) is 46.8 Å². The number of hydrogen-bond donors (Lipinski definition) is 1. The van der Waals surface area contributed by atoms with Crippen LogP contribution >= 0.6 is 0 Å². The van der Waals surface area contributed by atoms with Gasteiger partial charge in [0.15, 0.2) is 0 Å². The topological polar surface area (TPSA) is 42.4 Å². The van der Waals surface area contributed by atoms with Gasteiger partial charge in [0.05, 0.1) is 11.0 Å². The van der Waals surface area contributed by atoms with Crippen molar-refractivity contribution in [1.82, 2.24) is 4.98 Å². The second-order valence-electron chi connectivity index (χ2n) is 6.79. The summed E-state index contributed by atoms with van der Waals surface area (Å²) in [7, 11) is 0. The molecular weight excluding hydrogens is 322 g/mol. The van der Waals surface area contributed by atoms with Gasteiger partial charge in [0.1, 0.15) is 12.4 Å². The average Bonchev–Trinajstić information content (AvgIpc) is 2.62. The number of nitrogens with zero attached hydrogens (tertiary/aromatic N) is 1. The lowest BCUT2D eigenvalue weighted by Crippen LogP contribution is -2.37. The molecule has 0 spiro atoms. The van der Waals surface area contributed by atoms with Crippen LogP contribution in [0.5, 0.6) is 5.75 Å². The van der Waals surface area contributed by atoms with Crippen molar-refractivity contribution in [1.29, 1.82) is 0 Å². The minimum atomic E-state index is -0.790. The number of aryl methyl sites for hydroxylation is 1. The average molecular weight is 354 g/mol. The zero-order chi connectivity index (χ0) is 20.2. The Balaban J connectivity index is 0.000000492. The van der Waals surface area contributed by atoms with Gasteiger partial charge in [0.25, 0.3) is 0 Å². The van der Waals surface area contributed by atoms with Gasteiger partial charge in [-0.3, -0.25) is 4.98 Å². The Bertz CT molecular complexity index is 679. The van der Waals surface area contributed by atoms with Crippen LogP contribution in [0.25, 0.3) is 0 Å². The Morgan fingerprint density at radius 1 is 1.12 bits per heavy atom. The first-order valence-corrected chi connectivity index (χ1v) is 8.44. The number of aromatic nitrogens is 1. The van der Waals surface area contributed by atoms with Crippen molar-refractivity contribution >= 4 is 0 Å². The molecule has 0 unspecified atom stereocenters. The third-order valence-electron chi connectivity index (χ3n) is 4.03. The molecule has 0 aliphatic heterocycles. The van der Waals surface area contributed by atoms with E-state index in [0.717, 1.165) is 11.3 Å². The van der Waals surface area contributed by atoms with Crippen molar-refractivity contribution in [2.24, 2.45) is 5.41 Å². The smallest absolute Gasteiger partial charge is 0.120 e. The fourth-order valence-electron chi connectivity index (χ4n) is 1.53. The van der Waals surface area contributed by atoms with E-state index >= 15 is 0 Å². The highest BCUT2D eigenvalue weighted by atomic mass is 16.5. The molecule has 0 aliphatic rings. The van der Waals surface area contributed by atoms with Gasteiger partial charge in [0.2, 0.25) is 0 Å². The molecule has 0 saturated heterocycles. The quantitative estimate of drug-likeness (QED) is 0.608. The van der Waals surface area contributed by atoms with Crippen molar-refractivity contribution in [2.75, 3.05) is 0 Å². The minimum Gasteiger partial charge on any atom is -0.489 e. The van der Waals surface area contributed by atoms with Gasteiger partial charge in [-0.25, -0.2) is 0 Å². The van der Waals surface area contributed by atoms with E-state index in [0.29, 0.717) is 6.61 Å². The molecule has 0 aliphatic carbocycles. The maximum atomic E-state index is 9.40. The molecule has 1 aromatic heterocycles. The van der Waals surface area contributed by atoms with Crippen LogP contribution in [0.3, 0.4) is 0 Å². The molecule has 0 atom stereocenters. The summed E-state index contributed by atoms with van der Waals surface area (Å²) in [4.78, 5) is 3.96. The molecule has 0 amide bonds. The van der Waals surface area contributed by atoms with Crippen molar-refractivity contribution in [3.63, 3.8) is 0 Å². The minimum absolute atomic E-state index is 0.438. The first-order valence-electron chi connectivity index (χ1n) is 8.44. The number of terminal acetylenes is 1. The van der Waals surface area contributed by atoms with E-state index in [-0.39, 0.29) is 0 Å². The van der Waals surface area contributed by atoms with E-state index in [1.807, 2.05) is 44.2 Å². The van der Waals surface area contributed by atoms with E-state index < -0.39 is 11.0 Å². The largest absolute Gasteiger partial charge is 0.489 e. The summed E-state index contributed by atoms with van der Waals surface area (Å²) in [5, 5.41) is 9.40. The summed E-state index contributed by atoms with van der Waals surface area (Å²) in [6.07, 6.45) is 8.73. The predicted molar refractivity (Wildman–Crippen MR) is 110 cm³/mol. The fraction of sp³-hybridized carbons (Fsp3) is 0.348. The van der Waals surface area contributed by atoms with Crippen LogP contribution in [0, 0.1) is 24.7 Å². The molecule has 2 rings (SSSR count). The second-order valence-corrected chi connectivity index (χ2v) is 6.79. The van der Waals surface area contributed by atoms with Gasteiger partial charge in [0, 0.05) is 12.4 Å². The zero-order valence-electron chi connectivity index (χ0n) is 16.6. The number of pyridine rings is 1. The van der Waals surface area contributed by atoms with Gasteiger partial charge in [-0.15, -0.1) is 19.6 Å². The summed E-state index contributed by atoms with van der Waals surface area (Å²) in [5.74, 6) is 3.44. The molecule has 26 heavy (non-hydrogen) atoms. The van der Waals surface area contributed by atoms with Gasteiger partial charge in [-0.2, -0.15) is 0 Å². The van der Waals surface area contributed by atoms with Crippen LogP contribution in [0.4, 0.5) is 0 Å². The first-order chi connectivity index (χ1) is 12.2. The summed E-state index contributed by atoms with van der Waals surface area (Å²) < 4.78 is 5.65. The van der Waals surface area contributed by atoms with E-state index in [9.17, 15) is 5.11 Å². The number of ether oxygens (including phenoxy) is 1. The van der Waals surface area contributed by atoms with E-state index in [1.165, 1.54) is 5.56 Å². The zero-order valence-corrected chi connectivity index (χ0v) is 16.6. The van der Waals surface area contributed by atoms with Crippen LogP contribution in [-0.4, -0.2) is 15.7 Å². The Labute approximate surface area is 158 Å². The highest BCUT2D eigenvalue weighted by Crippen LogP contribution is 2.28. The maximum Gasteiger partial charge on any atom is 0.120 e. The molecule has 0 radical (unpaired) electrons. The molecule has 0 fully saturated rings. The molecule has 0 bridgehead atoms. The molecule has 3 heteroatoms. The SMILES string of the molecule is C#CC(C)(C)C(C)(C)O.C=C.Cc1cccc(OCc2ccncc2)c1.